The predicted molar refractivity (Wildman–Crippen MR) is 103 cm³/mol. The van der Waals surface area contributed by atoms with Gasteiger partial charge in [-0.25, -0.2) is 4.98 Å². The molecule has 1 aromatic carbocycles. The number of aromatic amines is 1. The molecule has 0 unspecified atom stereocenters. The van der Waals surface area contributed by atoms with Crippen molar-refractivity contribution >= 4 is 5.91 Å². The van der Waals surface area contributed by atoms with Gasteiger partial charge < -0.3 is 10.0 Å². The second-order valence-electron chi connectivity index (χ2n) is 7.06. The van der Waals surface area contributed by atoms with Gasteiger partial charge in [0.15, 0.2) is 0 Å². The number of aryl methyl sites for hydroxylation is 1. The van der Waals surface area contributed by atoms with E-state index in [2.05, 4.69) is 46.4 Å². The number of pyridine rings is 1. The lowest BCUT2D eigenvalue weighted by Crippen LogP contribution is -2.39. The van der Waals surface area contributed by atoms with E-state index in [1.54, 1.807) is 6.07 Å². The van der Waals surface area contributed by atoms with E-state index >= 15 is 0 Å². The van der Waals surface area contributed by atoms with Crippen LogP contribution in [0.4, 0.5) is 0 Å². The molecule has 0 radical (unpaired) electrons. The SMILES string of the molecule is Cc1ccc(-c2cn[nH]c2[C@@H]2CCCN(C(=O)c3ccc(O)cn3)C2)cc1. The Kier molecular flexibility index (Phi) is 4.62. The highest BCUT2D eigenvalue weighted by atomic mass is 16.3. The monoisotopic (exact) mass is 362 g/mol. The lowest BCUT2D eigenvalue weighted by atomic mass is 9.90. The van der Waals surface area contributed by atoms with Gasteiger partial charge in [-0.3, -0.25) is 9.89 Å². The number of amides is 1. The first kappa shape index (κ1) is 17.3. The fraction of sp³-hybridized carbons (Fsp3) is 0.286. The van der Waals surface area contributed by atoms with E-state index in [1.807, 2.05) is 11.1 Å². The molecular weight excluding hydrogens is 340 g/mol. The van der Waals surface area contributed by atoms with E-state index in [4.69, 9.17) is 0 Å². The van der Waals surface area contributed by atoms with E-state index in [9.17, 15) is 9.90 Å². The van der Waals surface area contributed by atoms with Crippen molar-refractivity contribution in [1.82, 2.24) is 20.1 Å². The molecule has 0 aliphatic carbocycles. The second-order valence-corrected chi connectivity index (χ2v) is 7.06. The molecule has 1 atom stereocenters. The van der Waals surface area contributed by atoms with Gasteiger partial charge in [-0.15, -0.1) is 0 Å². The van der Waals surface area contributed by atoms with Gasteiger partial charge in [0.25, 0.3) is 5.91 Å². The molecular formula is C21H22N4O2. The molecule has 1 amide bonds. The Balaban J connectivity index is 1.55. The highest BCUT2D eigenvalue weighted by molar-refractivity contribution is 5.92. The first-order chi connectivity index (χ1) is 13.1. The zero-order chi connectivity index (χ0) is 18.8. The summed E-state index contributed by atoms with van der Waals surface area (Å²) in [6.07, 6.45) is 5.11. The van der Waals surface area contributed by atoms with E-state index in [0.29, 0.717) is 18.8 Å². The van der Waals surface area contributed by atoms with E-state index in [-0.39, 0.29) is 17.6 Å². The topological polar surface area (TPSA) is 82.1 Å². The number of nitrogens with one attached hydrogen (secondary N) is 1. The largest absolute Gasteiger partial charge is 0.506 e. The number of rotatable bonds is 3. The van der Waals surface area contributed by atoms with E-state index < -0.39 is 0 Å². The smallest absolute Gasteiger partial charge is 0.272 e. The molecule has 0 spiro atoms. The molecule has 2 aromatic heterocycles. The molecule has 3 heterocycles. The number of likely N-dealkylation sites (tertiary alicyclic amines) is 1. The first-order valence-electron chi connectivity index (χ1n) is 9.16. The summed E-state index contributed by atoms with van der Waals surface area (Å²) in [5.41, 5.74) is 4.89. The van der Waals surface area contributed by atoms with Gasteiger partial charge in [0.05, 0.1) is 12.4 Å². The Hall–Kier alpha value is -3.15. The molecule has 1 saturated heterocycles. The third kappa shape index (κ3) is 3.56. The lowest BCUT2D eigenvalue weighted by Gasteiger charge is -2.32. The summed E-state index contributed by atoms with van der Waals surface area (Å²) in [7, 11) is 0. The van der Waals surface area contributed by atoms with E-state index in [0.717, 1.165) is 29.7 Å². The third-order valence-electron chi connectivity index (χ3n) is 5.12. The van der Waals surface area contributed by atoms with Crippen molar-refractivity contribution in [3.05, 3.63) is 65.7 Å². The lowest BCUT2D eigenvalue weighted by molar-refractivity contribution is 0.0700. The number of aromatic nitrogens is 3. The Bertz CT molecular complexity index is 932. The van der Waals surface area contributed by atoms with E-state index in [1.165, 1.54) is 17.8 Å². The van der Waals surface area contributed by atoms with Crippen molar-refractivity contribution in [3.8, 4) is 16.9 Å². The van der Waals surface area contributed by atoms with Crippen molar-refractivity contribution in [3.63, 3.8) is 0 Å². The number of H-pyrrole nitrogens is 1. The molecule has 0 saturated carbocycles. The van der Waals surface area contributed by atoms with Gasteiger partial charge in [-0.2, -0.15) is 5.10 Å². The van der Waals surface area contributed by atoms with Gasteiger partial charge in [0.2, 0.25) is 0 Å². The van der Waals surface area contributed by atoms with Crippen molar-refractivity contribution in [2.24, 2.45) is 0 Å². The van der Waals surface area contributed by atoms with Gasteiger partial charge in [0.1, 0.15) is 11.4 Å². The Morgan fingerprint density at radius 2 is 2.00 bits per heavy atom. The average Bonchev–Trinajstić information content (AvgIpc) is 3.18. The maximum absolute atomic E-state index is 12.8. The van der Waals surface area contributed by atoms with Crippen LogP contribution in [0.3, 0.4) is 0 Å². The van der Waals surface area contributed by atoms with Gasteiger partial charge >= 0.3 is 0 Å². The summed E-state index contributed by atoms with van der Waals surface area (Å²) in [5, 5.41) is 16.8. The highest BCUT2D eigenvalue weighted by Gasteiger charge is 2.28. The van der Waals surface area contributed by atoms with Crippen LogP contribution in [0.1, 0.15) is 40.5 Å². The van der Waals surface area contributed by atoms with Crippen LogP contribution in [0.2, 0.25) is 0 Å². The number of benzene rings is 1. The summed E-state index contributed by atoms with van der Waals surface area (Å²) in [4.78, 5) is 18.7. The molecule has 0 bridgehead atoms. The zero-order valence-electron chi connectivity index (χ0n) is 15.2. The van der Waals surface area contributed by atoms with Crippen molar-refractivity contribution < 1.29 is 9.90 Å². The van der Waals surface area contributed by atoms with Crippen molar-refractivity contribution in [2.75, 3.05) is 13.1 Å². The molecule has 1 aliphatic heterocycles. The minimum Gasteiger partial charge on any atom is -0.506 e. The van der Waals surface area contributed by atoms with Gasteiger partial charge in [-0.05, 0) is 37.5 Å². The minimum atomic E-state index is -0.101. The maximum atomic E-state index is 12.8. The molecule has 4 rings (SSSR count). The summed E-state index contributed by atoms with van der Waals surface area (Å²) in [6, 6.07) is 11.5. The molecule has 1 aliphatic rings. The number of aromatic hydroxyl groups is 1. The standard InChI is InChI=1S/C21H22N4O2/c1-14-4-6-15(7-5-14)18-12-23-24-20(18)16-3-2-10-25(13-16)21(27)19-9-8-17(26)11-22-19/h4-9,11-12,16,26H,2-3,10,13H2,1H3,(H,23,24)/t16-/m1/s1. The third-order valence-corrected chi connectivity index (χ3v) is 5.12. The molecule has 6 nitrogen and oxygen atoms in total. The van der Waals surface area contributed by atoms with Crippen LogP contribution < -0.4 is 0 Å². The summed E-state index contributed by atoms with van der Waals surface area (Å²) in [6.45, 7) is 3.41. The van der Waals surface area contributed by atoms with Crippen LogP contribution in [0, 0.1) is 6.92 Å². The first-order valence-corrected chi connectivity index (χ1v) is 9.16. The van der Waals surface area contributed by atoms with Crippen LogP contribution in [0.15, 0.2) is 48.8 Å². The van der Waals surface area contributed by atoms with Crippen LogP contribution in [0.25, 0.3) is 11.1 Å². The Labute approximate surface area is 157 Å². The quantitative estimate of drug-likeness (QED) is 0.747. The Morgan fingerprint density at radius 3 is 2.74 bits per heavy atom. The fourth-order valence-corrected chi connectivity index (χ4v) is 3.64. The van der Waals surface area contributed by atoms with Crippen LogP contribution in [-0.4, -0.2) is 44.2 Å². The molecule has 3 aromatic rings. The van der Waals surface area contributed by atoms with Crippen LogP contribution >= 0.6 is 0 Å². The van der Waals surface area contributed by atoms with Crippen LogP contribution in [0.5, 0.6) is 5.75 Å². The highest BCUT2D eigenvalue weighted by Crippen LogP contribution is 2.33. The molecule has 1 fully saturated rings. The second kappa shape index (κ2) is 7.23. The van der Waals surface area contributed by atoms with Crippen molar-refractivity contribution in [2.45, 2.75) is 25.7 Å². The van der Waals surface area contributed by atoms with Gasteiger partial charge in [0, 0.05) is 30.3 Å². The Morgan fingerprint density at radius 1 is 1.19 bits per heavy atom. The number of carbonyl (C=O) groups excluding carboxylic acids is 1. The van der Waals surface area contributed by atoms with Crippen molar-refractivity contribution in [1.29, 1.82) is 0 Å². The maximum Gasteiger partial charge on any atom is 0.272 e. The number of carbonyl (C=O) groups is 1. The molecule has 6 heteroatoms. The fourth-order valence-electron chi connectivity index (χ4n) is 3.64. The number of nitrogens with zero attached hydrogens (tertiary/aromatic N) is 3. The number of piperidine rings is 1. The number of hydrogen-bond donors (Lipinski definition) is 2. The minimum absolute atomic E-state index is 0.0586. The van der Waals surface area contributed by atoms with Crippen LogP contribution in [-0.2, 0) is 0 Å². The van der Waals surface area contributed by atoms with Gasteiger partial charge in [-0.1, -0.05) is 29.8 Å². The summed E-state index contributed by atoms with van der Waals surface area (Å²) >= 11 is 0. The predicted octanol–water partition coefficient (Wildman–Crippen LogP) is 3.51. The zero-order valence-corrected chi connectivity index (χ0v) is 15.2. The normalized spacial score (nSPS) is 17.1. The number of hydrogen-bond acceptors (Lipinski definition) is 4. The molecule has 138 valence electrons. The molecule has 2 N–H and O–H groups in total. The molecule has 27 heavy (non-hydrogen) atoms. The average molecular weight is 362 g/mol. The summed E-state index contributed by atoms with van der Waals surface area (Å²) in [5.74, 6) is 0.165. The summed E-state index contributed by atoms with van der Waals surface area (Å²) < 4.78 is 0.